The number of nitrogens with one attached hydrogen (secondary N) is 1. The van der Waals surface area contributed by atoms with E-state index in [1.807, 2.05) is 14.0 Å². The molecule has 0 aromatic rings. The average molecular weight is 131 g/mol. The first kappa shape index (κ1) is 8.92. The molecule has 0 bridgehead atoms. The van der Waals surface area contributed by atoms with Crippen LogP contribution in [0.15, 0.2) is 0 Å². The Kier molecular flexibility index (Phi) is 4.72. The summed E-state index contributed by atoms with van der Waals surface area (Å²) >= 11 is 0. The Balaban J connectivity index is 3.50. The zero-order valence-electron chi connectivity index (χ0n) is 6.52. The summed E-state index contributed by atoms with van der Waals surface area (Å²) in [5, 5.41) is 12.3. The van der Waals surface area contributed by atoms with Crippen molar-refractivity contribution in [2.75, 3.05) is 7.05 Å². The molecule has 2 nitrogen and oxygen atoms in total. The molecule has 0 aromatic carbocycles. The van der Waals surface area contributed by atoms with Gasteiger partial charge < -0.3 is 10.4 Å². The molecular formula is C7H17NO. The highest BCUT2D eigenvalue weighted by atomic mass is 16.3. The number of rotatable bonds is 4. The van der Waals surface area contributed by atoms with E-state index in [1.54, 1.807) is 0 Å². The van der Waals surface area contributed by atoms with Crippen molar-refractivity contribution in [1.29, 1.82) is 0 Å². The molecule has 0 amide bonds. The van der Waals surface area contributed by atoms with Gasteiger partial charge in [-0.05, 0) is 19.9 Å². The highest BCUT2D eigenvalue weighted by molar-refractivity contribution is 4.70. The Bertz CT molecular complexity index is 61.9. The van der Waals surface area contributed by atoms with Gasteiger partial charge in [-0.3, -0.25) is 0 Å². The fourth-order valence-corrected chi connectivity index (χ4v) is 0.953. The minimum Gasteiger partial charge on any atom is -0.392 e. The number of hydrogen-bond donors (Lipinski definition) is 2. The van der Waals surface area contributed by atoms with Gasteiger partial charge >= 0.3 is 0 Å². The molecule has 0 heterocycles. The van der Waals surface area contributed by atoms with Crippen LogP contribution in [-0.2, 0) is 0 Å². The van der Waals surface area contributed by atoms with Crippen LogP contribution in [0.1, 0.15) is 26.7 Å². The van der Waals surface area contributed by atoms with E-state index in [0.29, 0.717) is 0 Å². The molecule has 0 aromatic heterocycles. The van der Waals surface area contributed by atoms with Gasteiger partial charge in [-0.25, -0.2) is 0 Å². The normalized spacial score (nSPS) is 17.3. The molecule has 2 heteroatoms. The average Bonchev–Trinajstić information content (AvgIpc) is 1.90. The van der Waals surface area contributed by atoms with E-state index < -0.39 is 0 Å². The van der Waals surface area contributed by atoms with Crippen LogP contribution < -0.4 is 5.32 Å². The number of hydrogen-bond acceptors (Lipinski definition) is 2. The maximum absolute atomic E-state index is 9.26. The molecule has 0 aliphatic carbocycles. The van der Waals surface area contributed by atoms with Gasteiger partial charge in [-0.1, -0.05) is 13.8 Å². The molecule has 9 heavy (non-hydrogen) atoms. The van der Waals surface area contributed by atoms with Gasteiger partial charge in [0.2, 0.25) is 0 Å². The van der Waals surface area contributed by atoms with Crippen LogP contribution in [0.3, 0.4) is 0 Å². The Labute approximate surface area is 57.3 Å². The third kappa shape index (κ3) is 2.82. The quantitative estimate of drug-likeness (QED) is 0.590. The van der Waals surface area contributed by atoms with E-state index >= 15 is 0 Å². The van der Waals surface area contributed by atoms with Crippen LogP contribution in [0.2, 0.25) is 0 Å². The van der Waals surface area contributed by atoms with Gasteiger partial charge in [0.05, 0.1) is 6.10 Å². The summed E-state index contributed by atoms with van der Waals surface area (Å²) in [5.41, 5.74) is 0. The number of likely N-dealkylation sites (N-methyl/N-ethyl adjacent to an activating group) is 1. The summed E-state index contributed by atoms with van der Waals surface area (Å²) in [6.07, 6.45) is 1.64. The summed E-state index contributed by atoms with van der Waals surface area (Å²) < 4.78 is 0. The summed E-state index contributed by atoms with van der Waals surface area (Å²) in [5.74, 6) is 0. The summed E-state index contributed by atoms with van der Waals surface area (Å²) in [6, 6.07) is 0.273. The SMILES string of the molecule is CCC(O)C(CC)NC. The summed E-state index contributed by atoms with van der Waals surface area (Å²) in [4.78, 5) is 0. The van der Waals surface area contributed by atoms with Crippen molar-refractivity contribution in [2.45, 2.75) is 38.8 Å². The largest absolute Gasteiger partial charge is 0.392 e. The second-order valence-electron chi connectivity index (χ2n) is 2.28. The minimum atomic E-state index is -0.181. The first-order chi connectivity index (χ1) is 4.26. The third-order valence-corrected chi connectivity index (χ3v) is 1.69. The van der Waals surface area contributed by atoms with E-state index in [1.165, 1.54) is 0 Å². The van der Waals surface area contributed by atoms with Crippen molar-refractivity contribution in [3.63, 3.8) is 0 Å². The van der Waals surface area contributed by atoms with Gasteiger partial charge in [-0.2, -0.15) is 0 Å². The maximum Gasteiger partial charge on any atom is 0.0690 e. The van der Waals surface area contributed by atoms with E-state index in [-0.39, 0.29) is 12.1 Å². The monoisotopic (exact) mass is 131 g/mol. The zero-order chi connectivity index (χ0) is 7.28. The molecule has 0 spiro atoms. The molecule has 0 fully saturated rings. The molecule has 0 radical (unpaired) electrons. The van der Waals surface area contributed by atoms with Crippen molar-refractivity contribution < 1.29 is 5.11 Å². The van der Waals surface area contributed by atoms with E-state index in [2.05, 4.69) is 12.2 Å². The number of aliphatic hydroxyl groups excluding tert-OH is 1. The smallest absolute Gasteiger partial charge is 0.0690 e. The predicted octanol–water partition coefficient (Wildman–Crippen LogP) is 0.755. The minimum absolute atomic E-state index is 0.181. The van der Waals surface area contributed by atoms with E-state index in [4.69, 9.17) is 0 Å². The lowest BCUT2D eigenvalue weighted by atomic mass is 10.1. The molecule has 2 N–H and O–H groups in total. The van der Waals surface area contributed by atoms with Crippen LogP contribution in [-0.4, -0.2) is 24.3 Å². The van der Waals surface area contributed by atoms with Crippen molar-refractivity contribution in [3.8, 4) is 0 Å². The van der Waals surface area contributed by atoms with Crippen LogP contribution >= 0.6 is 0 Å². The van der Waals surface area contributed by atoms with Crippen LogP contribution in [0.25, 0.3) is 0 Å². The van der Waals surface area contributed by atoms with Gasteiger partial charge in [-0.15, -0.1) is 0 Å². The van der Waals surface area contributed by atoms with Crippen LogP contribution in [0, 0.1) is 0 Å². The maximum atomic E-state index is 9.26. The topological polar surface area (TPSA) is 32.3 Å². The third-order valence-electron chi connectivity index (χ3n) is 1.69. The van der Waals surface area contributed by atoms with Crippen molar-refractivity contribution in [3.05, 3.63) is 0 Å². The lowest BCUT2D eigenvalue weighted by molar-refractivity contribution is 0.125. The first-order valence-corrected chi connectivity index (χ1v) is 3.61. The lowest BCUT2D eigenvalue weighted by Crippen LogP contribution is -2.36. The van der Waals surface area contributed by atoms with Crippen molar-refractivity contribution in [1.82, 2.24) is 5.32 Å². The van der Waals surface area contributed by atoms with Crippen LogP contribution in [0.5, 0.6) is 0 Å². The Morgan fingerprint density at radius 1 is 1.33 bits per heavy atom. The standard InChI is InChI=1S/C7H17NO/c1-4-6(8-3)7(9)5-2/h6-9H,4-5H2,1-3H3. The molecular weight excluding hydrogens is 114 g/mol. The Hall–Kier alpha value is -0.0800. The first-order valence-electron chi connectivity index (χ1n) is 3.61. The lowest BCUT2D eigenvalue weighted by Gasteiger charge is -2.18. The van der Waals surface area contributed by atoms with Gasteiger partial charge in [0.1, 0.15) is 0 Å². The molecule has 0 aliphatic heterocycles. The number of aliphatic hydroxyl groups is 1. The predicted molar refractivity (Wildman–Crippen MR) is 39.4 cm³/mol. The summed E-state index contributed by atoms with van der Waals surface area (Å²) in [7, 11) is 1.88. The Morgan fingerprint density at radius 3 is 2.00 bits per heavy atom. The molecule has 0 saturated heterocycles. The zero-order valence-corrected chi connectivity index (χ0v) is 6.52. The van der Waals surface area contributed by atoms with E-state index in [0.717, 1.165) is 12.8 Å². The van der Waals surface area contributed by atoms with Gasteiger partial charge in [0, 0.05) is 6.04 Å². The van der Waals surface area contributed by atoms with Gasteiger partial charge in [0.15, 0.2) is 0 Å². The van der Waals surface area contributed by atoms with E-state index in [9.17, 15) is 5.11 Å². The second-order valence-corrected chi connectivity index (χ2v) is 2.28. The molecule has 56 valence electrons. The fraction of sp³-hybridized carbons (Fsp3) is 1.00. The molecule has 0 saturated carbocycles. The molecule has 0 aliphatic rings. The van der Waals surface area contributed by atoms with Gasteiger partial charge in [0.25, 0.3) is 0 Å². The molecule has 2 atom stereocenters. The molecule has 2 unspecified atom stereocenters. The van der Waals surface area contributed by atoms with Crippen molar-refractivity contribution in [2.24, 2.45) is 0 Å². The highest BCUT2D eigenvalue weighted by Crippen LogP contribution is 2.00. The second kappa shape index (κ2) is 4.77. The fourth-order valence-electron chi connectivity index (χ4n) is 0.953. The Morgan fingerprint density at radius 2 is 1.89 bits per heavy atom. The summed E-state index contributed by atoms with van der Waals surface area (Å²) in [6.45, 7) is 4.06. The highest BCUT2D eigenvalue weighted by Gasteiger charge is 2.11. The molecule has 0 rings (SSSR count). The van der Waals surface area contributed by atoms with Crippen LogP contribution in [0.4, 0.5) is 0 Å². The van der Waals surface area contributed by atoms with Crippen molar-refractivity contribution >= 4 is 0 Å².